The van der Waals surface area contributed by atoms with E-state index in [9.17, 15) is 4.79 Å². The number of carbonyl (C=O) groups is 1. The summed E-state index contributed by atoms with van der Waals surface area (Å²) < 4.78 is 0. The van der Waals surface area contributed by atoms with Crippen LogP contribution in [0.4, 0.5) is 5.82 Å². The third kappa shape index (κ3) is 5.17. The highest BCUT2D eigenvalue weighted by molar-refractivity contribution is 5.95. The second-order valence-electron chi connectivity index (χ2n) is 4.88. The SMILES string of the molecule is CCCc1cc(C(=O)NCCN(C)CC)cc(NC)n1. The fraction of sp³-hybridized carbons (Fsp3) is 0.600. The number of hydrogen-bond acceptors (Lipinski definition) is 4. The molecular weight excluding hydrogens is 252 g/mol. The van der Waals surface area contributed by atoms with Crippen molar-refractivity contribution in [1.29, 1.82) is 0 Å². The molecule has 1 amide bonds. The Kier molecular flexibility index (Phi) is 7.01. The van der Waals surface area contributed by atoms with Gasteiger partial charge in [-0.2, -0.15) is 0 Å². The molecule has 0 aliphatic carbocycles. The van der Waals surface area contributed by atoms with E-state index in [1.165, 1.54) is 0 Å². The fourth-order valence-corrected chi connectivity index (χ4v) is 1.85. The molecule has 0 unspecified atom stereocenters. The highest BCUT2D eigenvalue weighted by Gasteiger charge is 2.09. The minimum Gasteiger partial charge on any atom is -0.373 e. The van der Waals surface area contributed by atoms with Crippen LogP contribution in [0.1, 0.15) is 36.3 Å². The monoisotopic (exact) mass is 278 g/mol. The van der Waals surface area contributed by atoms with E-state index in [1.54, 1.807) is 6.07 Å². The third-order valence-electron chi connectivity index (χ3n) is 3.22. The maximum absolute atomic E-state index is 12.2. The van der Waals surface area contributed by atoms with Crippen LogP contribution in [0.15, 0.2) is 12.1 Å². The van der Waals surface area contributed by atoms with Crippen LogP contribution in [0.25, 0.3) is 0 Å². The normalized spacial score (nSPS) is 10.7. The molecule has 1 heterocycles. The third-order valence-corrected chi connectivity index (χ3v) is 3.22. The first-order valence-electron chi connectivity index (χ1n) is 7.26. The van der Waals surface area contributed by atoms with Gasteiger partial charge in [-0.3, -0.25) is 4.79 Å². The standard InChI is InChI=1S/C15H26N4O/c1-5-7-13-10-12(11-14(16-3)18-13)15(20)17-8-9-19(4)6-2/h10-11H,5-9H2,1-4H3,(H,16,18)(H,17,20). The highest BCUT2D eigenvalue weighted by atomic mass is 16.1. The number of nitrogens with one attached hydrogen (secondary N) is 2. The second-order valence-corrected chi connectivity index (χ2v) is 4.88. The Balaban J connectivity index is 2.68. The van der Waals surface area contributed by atoms with Crippen LogP contribution in [0.5, 0.6) is 0 Å². The molecule has 0 saturated carbocycles. The van der Waals surface area contributed by atoms with Gasteiger partial charge in [0.05, 0.1) is 0 Å². The Labute approximate surface area is 121 Å². The van der Waals surface area contributed by atoms with Gasteiger partial charge < -0.3 is 15.5 Å². The van der Waals surface area contributed by atoms with E-state index < -0.39 is 0 Å². The fourth-order valence-electron chi connectivity index (χ4n) is 1.85. The average Bonchev–Trinajstić information content (AvgIpc) is 2.46. The lowest BCUT2D eigenvalue weighted by molar-refractivity contribution is 0.0950. The summed E-state index contributed by atoms with van der Waals surface area (Å²) in [5.74, 6) is 0.706. The zero-order valence-electron chi connectivity index (χ0n) is 13.0. The summed E-state index contributed by atoms with van der Waals surface area (Å²) in [5, 5.41) is 5.95. The number of pyridine rings is 1. The first-order valence-corrected chi connectivity index (χ1v) is 7.26. The van der Waals surface area contributed by atoms with Gasteiger partial charge in [-0.1, -0.05) is 20.3 Å². The van der Waals surface area contributed by atoms with Crippen LogP contribution in [-0.2, 0) is 6.42 Å². The number of likely N-dealkylation sites (N-methyl/N-ethyl adjacent to an activating group) is 1. The molecule has 0 spiro atoms. The number of anilines is 1. The van der Waals surface area contributed by atoms with E-state index in [1.807, 2.05) is 20.2 Å². The first-order chi connectivity index (χ1) is 9.60. The molecule has 0 radical (unpaired) electrons. The molecule has 0 saturated heterocycles. The van der Waals surface area contributed by atoms with E-state index in [-0.39, 0.29) is 5.91 Å². The lowest BCUT2D eigenvalue weighted by Gasteiger charge is -2.14. The molecule has 1 aromatic rings. The van der Waals surface area contributed by atoms with Crippen LogP contribution in [0, 0.1) is 0 Å². The molecule has 0 bridgehead atoms. The van der Waals surface area contributed by atoms with Crippen LogP contribution in [0.2, 0.25) is 0 Å². The minimum absolute atomic E-state index is 0.0363. The quantitative estimate of drug-likeness (QED) is 0.761. The van der Waals surface area contributed by atoms with E-state index >= 15 is 0 Å². The number of aromatic nitrogens is 1. The van der Waals surface area contributed by atoms with Crippen molar-refractivity contribution in [2.45, 2.75) is 26.7 Å². The van der Waals surface area contributed by atoms with E-state index in [4.69, 9.17) is 0 Å². The largest absolute Gasteiger partial charge is 0.373 e. The average molecular weight is 278 g/mol. The van der Waals surface area contributed by atoms with Crippen molar-refractivity contribution in [3.63, 3.8) is 0 Å². The predicted molar refractivity (Wildman–Crippen MR) is 83.3 cm³/mol. The maximum Gasteiger partial charge on any atom is 0.251 e. The van der Waals surface area contributed by atoms with Crippen molar-refractivity contribution in [1.82, 2.24) is 15.2 Å². The molecule has 2 N–H and O–H groups in total. The Hall–Kier alpha value is -1.62. The van der Waals surface area contributed by atoms with Gasteiger partial charge in [-0.25, -0.2) is 4.98 Å². The van der Waals surface area contributed by atoms with Gasteiger partial charge in [0.15, 0.2) is 0 Å². The molecule has 0 atom stereocenters. The van der Waals surface area contributed by atoms with Crippen LogP contribution in [-0.4, -0.2) is 49.5 Å². The van der Waals surface area contributed by atoms with Gasteiger partial charge in [-0.15, -0.1) is 0 Å². The summed E-state index contributed by atoms with van der Waals surface area (Å²) >= 11 is 0. The van der Waals surface area contributed by atoms with E-state index in [0.717, 1.165) is 37.4 Å². The Bertz CT molecular complexity index is 434. The van der Waals surface area contributed by atoms with Crippen molar-refractivity contribution in [2.24, 2.45) is 0 Å². The predicted octanol–water partition coefficient (Wildman–Crippen LogP) is 1.76. The van der Waals surface area contributed by atoms with Crippen molar-refractivity contribution in [3.8, 4) is 0 Å². The summed E-state index contributed by atoms with van der Waals surface area (Å²) in [5.41, 5.74) is 1.63. The number of carbonyl (C=O) groups excluding carboxylic acids is 1. The number of aryl methyl sites for hydroxylation is 1. The zero-order valence-corrected chi connectivity index (χ0v) is 13.0. The zero-order chi connectivity index (χ0) is 15.0. The molecular formula is C15H26N4O. The molecule has 0 fully saturated rings. The van der Waals surface area contributed by atoms with Crippen LogP contribution >= 0.6 is 0 Å². The van der Waals surface area contributed by atoms with Crippen molar-refractivity contribution in [2.75, 3.05) is 39.0 Å². The minimum atomic E-state index is -0.0363. The number of nitrogens with zero attached hydrogens (tertiary/aromatic N) is 2. The van der Waals surface area contributed by atoms with Gasteiger partial charge in [0, 0.05) is 31.4 Å². The highest BCUT2D eigenvalue weighted by Crippen LogP contribution is 2.11. The van der Waals surface area contributed by atoms with Crippen molar-refractivity contribution >= 4 is 11.7 Å². The van der Waals surface area contributed by atoms with Crippen LogP contribution in [0.3, 0.4) is 0 Å². The summed E-state index contributed by atoms with van der Waals surface area (Å²) in [4.78, 5) is 18.8. The van der Waals surface area contributed by atoms with E-state index in [2.05, 4.69) is 34.4 Å². The first kappa shape index (κ1) is 16.4. The van der Waals surface area contributed by atoms with Crippen molar-refractivity contribution in [3.05, 3.63) is 23.4 Å². The van der Waals surface area contributed by atoms with Crippen molar-refractivity contribution < 1.29 is 4.79 Å². The van der Waals surface area contributed by atoms with Gasteiger partial charge >= 0.3 is 0 Å². The number of hydrogen-bond donors (Lipinski definition) is 2. The molecule has 112 valence electrons. The molecule has 5 nitrogen and oxygen atoms in total. The van der Waals surface area contributed by atoms with E-state index in [0.29, 0.717) is 12.1 Å². The summed E-state index contributed by atoms with van der Waals surface area (Å²) in [7, 11) is 3.85. The molecule has 0 aromatic carbocycles. The number of rotatable bonds is 8. The van der Waals surface area contributed by atoms with Gasteiger partial charge in [-0.05, 0) is 32.1 Å². The van der Waals surface area contributed by atoms with Gasteiger partial charge in [0.25, 0.3) is 5.91 Å². The lowest BCUT2D eigenvalue weighted by Crippen LogP contribution is -2.33. The molecule has 5 heteroatoms. The summed E-state index contributed by atoms with van der Waals surface area (Å²) in [6.07, 6.45) is 1.90. The molecule has 0 aliphatic rings. The maximum atomic E-state index is 12.2. The summed E-state index contributed by atoms with van der Waals surface area (Å²) in [6.45, 7) is 6.70. The molecule has 1 aromatic heterocycles. The Morgan fingerprint density at radius 2 is 2.10 bits per heavy atom. The Morgan fingerprint density at radius 1 is 1.35 bits per heavy atom. The van der Waals surface area contributed by atoms with Crippen LogP contribution < -0.4 is 10.6 Å². The number of amides is 1. The topological polar surface area (TPSA) is 57.3 Å². The lowest BCUT2D eigenvalue weighted by atomic mass is 10.1. The van der Waals surface area contributed by atoms with Gasteiger partial charge in [0.2, 0.25) is 0 Å². The second kappa shape index (κ2) is 8.53. The smallest absolute Gasteiger partial charge is 0.251 e. The Morgan fingerprint density at radius 3 is 2.70 bits per heavy atom. The molecule has 20 heavy (non-hydrogen) atoms. The molecule has 1 rings (SSSR count). The summed E-state index contributed by atoms with van der Waals surface area (Å²) in [6, 6.07) is 3.67. The van der Waals surface area contributed by atoms with Gasteiger partial charge in [0.1, 0.15) is 5.82 Å². The molecule has 0 aliphatic heterocycles.